The lowest BCUT2D eigenvalue weighted by Gasteiger charge is -2.24. The van der Waals surface area contributed by atoms with Gasteiger partial charge in [0.05, 0.1) is 12.7 Å². The molecule has 0 saturated heterocycles. The third-order valence-electron chi connectivity index (χ3n) is 2.95. The first kappa shape index (κ1) is 14.8. The van der Waals surface area contributed by atoms with Gasteiger partial charge in [-0.3, -0.25) is 4.79 Å². The average molecular weight is 266 g/mol. The summed E-state index contributed by atoms with van der Waals surface area (Å²) in [5, 5.41) is 9.05. The van der Waals surface area contributed by atoms with Crippen molar-refractivity contribution in [1.82, 2.24) is 4.90 Å². The Bertz CT molecular complexity index is 488. The molecule has 1 atom stereocenters. The monoisotopic (exact) mass is 266 g/mol. The van der Waals surface area contributed by atoms with E-state index in [0.29, 0.717) is 12.2 Å². The maximum absolute atomic E-state index is 12.2. The Kier molecular flexibility index (Phi) is 4.74. The van der Waals surface area contributed by atoms with E-state index in [9.17, 15) is 9.59 Å². The predicted molar refractivity (Wildman–Crippen MR) is 71.2 cm³/mol. The number of anilines is 1. The first-order valence-electron chi connectivity index (χ1n) is 5.85. The summed E-state index contributed by atoms with van der Waals surface area (Å²) in [6.45, 7) is 1.71. The topological polar surface area (TPSA) is 92.9 Å². The average Bonchev–Trinajstić information content (AvgIpc) is 2.37. The maximum Gasteiger partial charge on any atom is 0.326 e. The smallest absolute Gasteiger partial charge is 0.326 e. The number of hydrogen-bond acceptors (Lipinski definition) is 4. The number of nitrogens with zero attached hydrogens (tertiary/aromatic N) is 1. The molecule has 1 rings (SSSR count). The molecule has 6 heteroatoms. The van der Waals surface area contributed by atoms with Crippen LogP contribution >= 0.6 is 0 Å². The number of likely N-dealkylation sites (N-methyl/N-ethyl adjacent to an activating group) is 1. The standard InChI is InChI=1S/C13H18N2O4/c1-4-11(13(17)18)15(2)12(16)9-6-5-8(19-3)7-10(9)14/h5-7,11H,4,14H2,1-3H3,(H,17,18). The van der Waals surface area contributed by atoms with Crippen molar-refractivity contribution in [3.63, 3.8) is 0 Å². The second kappa shape index (κ2) is 6.08. The molecule has 104 valence electrons. The van der Waals surface area contributed by atoms with Crippen LogP contribution in [-0.4, -0.2) is 42.1 Å². The molecule has 0 spiro atoms. The zero-order valence-corrected chi connectivity index (χ0v) is 11.2. The van der Waals surface area contributed by atoms with Crippen LogP contribution in [0, 0.1) is 0 Å². The van der Waals surface area contributed by atoms with E-state index in [-0.39, 0.29) is 11.3 Å². The van der Waals surface area contributed by atoms with Crippen LogP contribution < -0.4 is 10.5 Å². The Morgan fingerprint density at radius 3 is 2.53 bits per heavy atom. The van der Waals surface area contributed by atoms with Crippen molar-refractivity contribution in [3.05, 3.63) is 23.8 Å². The van der Waals surface area contributed by atoms with Gasteiger partial charge in [-0.2, -0.15) is 0 Å². The molecule has 19 heavy (non-hydrogen) atoms. The van der Waals surface area contributed by atoms with Crippen LogP contribution in [-0.2, 0) is 4.79 Å². The number of aliphatic carboxylic acids is 1. The van der Waals surface area contributed by atoms with Crippen molar-refractivity contribution in [2.24, 2.45) is 0 Å². The summed E-state index contributed by atoms with van der Waals surface area (Å²) in [5.74, 6) is -0.915. The molecule has 0 aromatic heterocycles. The van der Waals surface area contributed by atoms with E-state index in [4.69, 9.17) is 15.6 Å². The number of carboxylic acid groups (broad SMARTS) is 1. The Labute approximate surface area is 111 Å². The number of carboxylic acids is 1. The van der Waals surface area contributed by atoms with Crippen molar-refractivity contribution < 1.29 is 19.4 Å². The number of hydrogen-bond donors (Lipinski definition) is 2. The van der Waals surface area contributed by atoms with Crippen molar-refractivity contribution in [1.29, 1.82) is 0 Å². The Hall–Kier alpha value is -2.24. The van der Waals surface area contributed by atoms with Crippen molar-refractivity contribution >= 4 is 17.6 Å². The molecule has 6 nitrogen and oxygen atoms in total. The van der Waals surface area contributed by atoms with E-state index in [1.54, 1.807) is 13.0 Å². The lowest BCUT2D eigenvalue weighted by molar-refractivity contribution is -0.142. The van der Waals surface area contributed by atoms with Crippen LogP contribution in [0.1, 0.15) is 23.7 Å². The van der Waals surface area contributed by atoms with E-state index >= 15 is 0 Å². The fourth-order valence-electron chi connectivity index (χ4n) is 1.81. The normalized spacial score (nSPS) is 11.7. The number of ether oxygens (including phenoxy) is 1. The fraction of sp³-hybridized carbons (Fsp3) is 0.385. The van der Waals surface area contributed by atoms with Crippen LogP contribution in [0.5, 0.6) is 5.75 Å². The van der Waals surface area contributed by atoms with Gasteiger partial charge < -0.3 is 20.5 Å². The number of carbonyl (C=O) groups is 2. The summed E-state index contributed by atoms with van der Waals surface area (Å²) in [4.78, 5) is 24.4. The van der Waals surface area contributed by atoms with Gasteiger partial charge in [-0.1, -0.05) is 6.92 Å². The number of amides is 1. The Balaban J connectivity index is 3.03. The van der Waals surface area contributed by atoms with Crippen LogP contribution in [0.3, 0.4) is 0 Å². The minimum absolute atomic E-state index is 0.261. The van der Waals surface area contributed by atoms with Gasteiger partial charge in [-0.25, -0.2) is 4.79 Å². The zero-order valence-electron chi connectivity index (χ0n) is 11.2. The van der Waals surface area contributed by atoms with Gasteiger partial charge in [0.1, 0.15) is 11.8 Å². The lowest BCUT2D eigenvalue weighted by atomic mass is 10.1. The largest absolute Gasteiger partial charge is 0.497 e. The molecule has 0 radical (unpaired) electrons. The van der Waals surface area contributed by atoms with Gasteiger partial charge in [-0.05, 0) is 18.6 Å². The SMILES string of the molecule is CCC(C(=O)O)N(C)C(=O)c1ccc(OC)cc1N. The quantitative estimate of drug-likeness (QED) is 0.781. The third kappa shape index (κ3) is 3.15. The van der Waals surface area contributed by atoms with E-state index in [1.807, 2.05) is 0 Å². The summed E-state index contributed by atoms with van der Waals surface area (Å²) < 4.78 is 5.00. The van der Waals surface area contributed by atoms with Gasteiger partial charge in [0.15, 0.2) is 0 Å². The number of methoxy groups -OCH3 is 1. The van der Waals surface area contributed by atoms with E-state index in [1.165, 1.54) is 31.2 Å². The van der Waals surface area contributed by atoms with E-state index in [0.717, 1.165) is 0 Å². The van der Waals surface area contributed by atoms with Crippen LogP contribution in [0.2, 0.25) is 0 Å². The molecule has 1 unspecified atom stereocenters. The van der Waals surface area contributed by atoms with Gasteiger partial charge in [-0.15, -0.1) is 0 Å². The van der Waals surface area contributed by atoms with Crippen LogP contribution in [0.25, 0.3) is 0 Å². The summed E-state index contributed by atoms with van der Waals surface area (Å²) in [5.41, 5.74) is 6.31. The molecule has 0 aliphatic heterocycles. The second-order valence-corrected chi connectivity index (χ2v) is 4.13. The molecule has 0 bridgehead atoms. The molecule has 1 amide bonds. The minimum atomic E-state index is -1.04. The highest BCUT2D eigenvalue weighted by Gasteiger charge is 2.26. The molecule has 0 aliphatic carbocycles. The van der Waals surface area contributed by atoms with Gasteiger partial charge in [0.25, 0.3) is 5.91 Å². The summed E-state index contributed by atoms with van der Waals surface area (Å²) in [6.07, 6.45) is 0.327. The summed E-state index contributed by atoms with van der Waals surface area (Å²) in [7, 11) is 2.95. The number of rotatable bonds is 5. The van der Waals surface area contributed by atoms with Crippen molar-refractivity contribution in [2.45, 2.75) is 19.4 Å². The molecule has 0 aliphatic rings. The van der Waals surface area contributed by atoms with E-state index < -0.39 is 17.9 Å². The second-order valence-electron chi connectivity index (χ2n) is 4.13. The van der Waals surface area contributed by atoms with Gasteiger partial charge >= 0.3 is 5.97 Å². The molecule has 1 aromatic carbocycles. The zero-order chi connectivity index (χ0) is 14.6. The first-order valence-corrected chi connectivity index (χ1v) is 5.85. The number of carbonyl (C=O) groups excluding carboxylic acids is 1. The number of nitrogens with two attached hydrogens (primary N) is 1. The number of benzene rings is 1. The van der Waals surface area contributed by atoms with Crippen LogP contribution in [0.15, 0.2) is 18.2 Å². The maximum atomic E-state index is 12.2. The molecular formula is C13H18N2O4. The molecule has 0 heterocycles. The van der Waals surface area contributed by atoms with Crippen molar-refractivity contribution in [2.75, 3.05) is 19.9 Å². The molecule has 0 saturated carbocycles. The first-order chi connectivity index (χ1) is 8.92. The molecule has 1 aromatic rings. The van der Waals surface area contributed by atoms with Gasteiger partial charge in [0.2, 0.25) is 0 Å². The predicted octanol–water partition coefficient (Wildman–Crippen LogP) is 1.21. The Morgan fingerprint density at radius 1 is 1.47 bits per heavy atom. The molecule has 0 fully saturated rings. The summed E-state index contributed by atoms with van der Waals surface area (Å²) >= 11 is 0. The minimum Gasteiger partial charge on any atom is -0.497 e. The van der Waals surface area contributed by atoms with Crippen molar-refractivity contribution in [3.8, 4) is 5.75 Å². The van der Waals surface area contributed by atoms with Gasteiger partial charge in [0, 0.05) is 18.8 Å². The summed E-state index contributed by atoms with van der Waals surface area (Å²) in [6, 6.07) is 3.80. The lowest BCUT2D eigenvalue weighted by Crippen LogP contribution is -2.42. The highest BCUT2D eigenvalue weighted by molar-refractivity contribution is 6.00. The van der Waals surface area contributed by atoms with Crippen LogP contribution in [0.4, 0.5) is 5.69 Å². The molecular weight excluding hydrogens is 248 g/mol. The highest BCUT2D eigenvalue weighted by atomic mass is 16.5. The molecule has 3 N–H and O–H groups in total. The number of nitrogen functional groups attached to an aromatic ring is 1. The Morgan fingerprint density at radius 2 is 2.11 bits per heavy atom. The highest BCUT2D eigenvalue weighted by Crippen LogP contribution is 2.21. The third-order valence-corrected chi connectivity index (χ3v) is 2.95. The fourth-order valence-corrected chi connectivity index (χ4v) is 1.81. The van der Waals surface area contributed by atoms with E-state index in [2.05, 4.69) is 0 Å².